The van der Waals surface area contributed by atoms with Gasteiger partial charge >= 0.3 is 0 Å². The van der Waals surface area contributed by atoms with Crippen LogP contribution in [0.2, 0.25) is 5.02 Å². The Bertz CT molecular complexity index is 898. The van der Waals surface area contributed by atoms with Gasteiger partial charge in [0.25, 0.3) is 5.91 Å². The number of ether oxygens (including phenoxy) is 2. The van der Waals surface area contributed by atoms with E-state index in [0.717, 1.165) is 5.56 Å². The third kappa shape index (κ3) is 3.87. The molecule has 4 nitrogen and oxygen atoms in total. The molecule has 0 bridgehead atoms. The predicted octanol–water partition coefficient (Wildman–Crippen LogP) is 5.15. The van der Waals surface area contributed by atoms with Gasteiger partial charge in [-0.15, -0.1) is 0 Å². The van der Waals surface area contributed by atoms with Gasteiger partial charge in [0, 0.05) is 5.02 Å². The summed E-state index contributed by atoms with van der Waals surface area (Å²) in [4.78, 5) is 14.8. The van der Waals surface area contributed by atoms with Gasteiger partial charge in [0.1, 0.15) is 0 Å². The fraction of sp³-hybridized carbons (Fsp3) is 0.158. The zero-order valence-corrected chi connectivity index (χ0v) is 16.6. The van der Waals surface area contributed by atoms with Crippen molar-refractivity contribution in [2.45, 2.75) is 6.92 Å². The maximum atomic E-state index is 12.8. The van der Waals surface area contributed by atoms with E-state index in [9.17, 15) is 4.79 Å². The highest BCUT2D eigenvalue weighted by molar-refractivity contribution is 8.27. The molecule has 2 aromatic rings. The van der Waals surface area contributed by atoms with Crippen molar-refractivity contribution < 1.29 is 14.3 Å². The maximum absolute atomic E-state index is 12.8. The van der Waals surface area contributed by atoms with Crippen molar-refractivity contribution in [1.29, 1.82) is 0 Å². The molecule has 1 heterocycles. The summed E-state index contributed by atoms with van der Waals surface area (Å²) in [5.74, 6) is 1.11. The fourth-order valence-corrected chi connectivity index (χ4v) is 3.99. The Labute approximate surface area is 166 Å². The van der Waals surface area contributed by atoms with Crippen LogP contribution in [0.3, 0.4) is 0 Å². The summed E-state index contributed by atoms with van der Waals surface area (Å²) < 4.78 is 11.3. The minimum atomic E-state index is -0.171. The van der Waals surface area contributed by atoms with Crippen LogP contribution < -0.4 is 14.4 Å². The first kappa shape index (κ1) is 18.8. The molecule has 3 rings (SSSR count). The molecule has 0 aliphatic carbocycles. The van der Waals surface area contributed by atoms with Crippen LogP contribution in [0.25, 0.3) is 6.08 Å². The van der Waals surface area contributed by atoms with E-state index >= 15 is 0 Å². The van der Waals surface area contributed by atoms with E-state index < -0.39 is 0 Å². The number of thiocarbonyl (C=S) groups is 1. The largest absolute Gasteiger partial charge is 0.493 e. The van der Waals surface area contributed by atoms with Gasteiger partial charge in [0.15, 0.2) is 15.8 Å². The van der Waals surface area contributed by atoms with Crippen LogP contribution >= 0.6 is 35.6 Å². The topological polar surface area (TPSA) is 38.8 Å². The number of carbonyl (C=O) groups excluding carboxylic acids is 1. The monoisotopic (exact) mass is 405 g/mol. The number of amides is 1. The van der Waals surface area contributed by atoms with E-state index in [1.54, 1.807) is 37.5 Å². The number of anilines is 1. The SMILES string of the molecule is CCOc1ccc(/C=C2/SC(=S)N(c3cccc(Cl)c3)C2=O)cc1OC. The van der Waals surface area contributed by atoms with Crippen LogP contribution in [0.4, 0.5) is 5.69 Å². The van der Waals surface area contributed by atoms with E-state index in [1.165, 1.54) is 16.7 Å². The lowest BCUT2D eigenvalue weighted by molar-refractivity contribution is -0.113. The lowest BCUT2D eigenvalue weighted by atomic mass is 10.2. The van der Waals surface area contributed by atoms with Gasteiger partial charge in [-0.3, -0.25) is 9.69 Å². The number of carbonyl (C=O) groups is 1. The average molecular weight is 406 g/mol. The minimum absolute atomic E-state index is 0.171. The average Bonchev–Trinajstić information content (AvgIpc) is 2.90. The Kier molecular flexibility index (Phi) is 5.86. The first-order valence-electron chi connectivity index (χ1n) is 7.88. The molecule has 0 atom stereocenters. The first-order valence-corrected chi connectivity index (χ1v) is 9.48. The summed E-state index contributed by atoms with van der Waals surface area (Å²) >= 11 is 12.7. The zero-order chi connectivity index (χ0) is 18.7. The number of thioether (sulfide) groups is 1. The van der Waals surface area contributed by atoms with Crippen molar-refractivity contribution in [2.75, 3.05) is 18.6 Å². The minimum Gasteiger partial charge on any atom is -0.493 e. The van der Waals surface area contributed by atoms with Crippen LogP contribution in [0.1, 0.15) is 12.5 Å². The summed E-state index contributed by atoms with van der Waals surface area (Å²) in [7, 11) is 1.58. The van der Waals surface area contributed by atoms with Crippen LogP contribution in [-0.2, 0) is 4.79 Å². The van der Waals surface area contributed by atoms with E-state index in [-0.39, 0.29) is 5.91 Å². The molecular formula is C19H16ClNO3S2. The number of halogens is 1. The lowest BCUT2D eigenvalue weighted by Crippen LogP contribution is -2.27. The van der Waals surface area contributed by atoms with Gasteiger partial charge in [-0.05, 0) is 48.9 Å². The molecule has 0 unspecified atom stereocenters. The zero-order valence-electron chi connectivity index (χ0n) is 14.2. The molecular weight excluding hydrogens is 390 g/mol. The lowest BCUT2D eigenvalue weighted by Gasteiger charge is -2.14. The van der Waals surface area contributed by atoms with Gasteiger partial charge in [-0.1, -0.05) is 47.7 Å². The van der Waals surface area contributed by atoms with Crippen molar-refractivity contribution in [3.8, 4) is 11.5 Å². The van der Waals surface area contributed by atoms with E-state index in [2.05, 4.69) is 0 Å². The molecule has 7 heteroatoms. The van der Waals surface area contributed by atoms with Crippen LogP contribution in [0, 0.1) is 0 Å². The quantitative estimate of drug-likeness (QED) is 0.508. The van der Waals surface area contributed by atoms with Crippen LogP contribution in [0.5, 0.6) is 11.5 Å². The highest BCUT2D eigenvalue weighted by Crippen LogP contribution is 2.37. The Balaban J connectivity index is 1.90. The maximum Gasteiger partial charge on any atom is 0.270 e. The van der Waals surface area contributed by atoms with Crippen molar-refractivity contribution >= 4 is 57.6 Å². The summed E-state index contributed by atoms with van der Waals surface area (Å²) in [6, 6.07) is 12.6. The molecule has 0 saturated carbocycles. The van der Waals surface area contributed by atoms with Gasteiger partial charge in [0.2, 0.25) is 0 Å². The van der Waals surface area contributed by atoms with Crippen molar-refractivity contribution in [1.82, 2.24) is 0 Å². The number of hydrogen-bond donors (Lipinski definition) is 0. The second kappa shape index (κ2) is 8.12. The molecule has 1 aliphatic heterocycles. The van der Waals surface area contributed by atoms with Crippen LogP contribution in [-0.4, -0.2) is 23.9 Å². The Morgan fingerprint density at radius 2 is 2.04 bits per heavy atom. The molecule has 134 valence electrons. The van der Waals surface area contributed by atoms with Gasteiger partial charge in [-0.2, -0.15) is 0 Å². The molecule has 0 aromatic heterocycles. The molecule has 1 fully saturated rings. The third-order valence-electron chi connectivity index (χ3n) is 3.65. The third-order valence-corrected chi connectivity index (χ3v) is 5.18. The smallest absolute Gasteiger partial charge is 0.270 e. The normalized spacial score (nSPS) is 15.7. The summed E-state index contributed by atoms with van der Waals surface area (Å²) in [5.41, 5.74) is 1.49. The standard InChI is InChI=1S/C19H16ClNO3S2/c1-3-24-15-8-7-12(9-16(15)23-2)10-17-18(22)21(19(25)26-17)14-6-4-5-13(20)11-14/h4-11H,3H2,1-2H3/b17-10+. The number of methoxy groups -OCH3 is 1. The van der Waals surface area contributed by atoms with Gasteiger partial charge in [-0.25, -0.2) is 0 Å². The predicted molar refractivity (Wildman–Crippen MR) is 111 cm³/mol. The van der Waals surface area contributed by atoms with E-state index in [4.69, 9.17) is 33.3 Å². The van der Waals surface area contributed by atoms with E-state index in [0.29, 0.717) is 38.0 Å². The summed E-state index contributed by atoms with van der Waals surface area (Å²) in [6.07, 6.45) is 1.79. The highest BCUT2D eigenvalue weighted by atomic mass is 35.5. The van der Waals surface area contributed by atoms with Gasteiger partial charge in [0.05, 0.1) is 24.3 Å². The number of benzene rings is 2. The molecule has 26 heavy (non-hydrogen) atoms. The summed E-state index contributed by atoms with van der Waals surface area (Å²) in [5, 5.41) is 0.553. The number of hydrogen-bond acceptors (Lipinski definition) is 5. The molecule has 1 saturated heterocycles. The molecule has 0 N–H and O–H groups in total. The Hall–Kier alpha value is -2.02. The molecule has 1 aliphatic rings. The molecule has 1 amide bonds. The number of rotatable bonds is 5. The Morgan fingerprint density at radius 1 is 1.23 bits per heavy atom. The van der Waals surface area contributed by atoms with Crippen LogP contribution in [0.15, 0.2) is 47.4 Å². The van der Waals surface area contributed by atoms with Gasteiger partial charge < -0.3 is 9.47 Å². The Morgan fingerprint density at radius 3 is 2.73 bits per heavy atom. The van der Waals surface area contributed by atoms with Crippen molar-refractivity contribution in [3.05, 3.63) is 58.0 Å². The molecule has 0 radical (unpaired) electrons. The highest BCUT2D eigenvalue weighted by Gasteiger charge is 2.33. The van der Waals surface area contributed by atoms with E-state index in [1.807, 2.05) is 25.1 Å². The molecule has 2 aromatic carbocycles. The van der Waals surface area contributed by atoms with Crippen molar-refractivity contribution in [2.24, 2.45) is 0 Å². The molecule has 0 spiro atoms. The first-order chi connectivity index (χ1) is 12.5. The fourth-order valence-electron chi connectivity index (χ4n) is 2.51. The second-order valence-corrected chi connectivity index (χ2v) is 7.45. The van der Waals surface area contributed by atoms with Crippen molar-refractivity contribution in [3.63, 3.8) is 0 Å². The number of nitrogens with zero attached hydrogens (tertiary/aromatic N) is 1. The second-order valence-electron chi connectivity index (χ2n) is 5.34. The summed E-state index contributed by atoms with van der Waals surface area (Å²) in [6.45, 7) is 2.46.